The Labute approximate surface area is 220 Å². The summed E-state index contributed by atoms with van der Waals surface area (Å²) in [5, 5.41) is 6.02. The summed E-state index contributed by atoms with van der Waals surface area (Å²) >= 11 is 0. The molecule has 4 rings (SSSR count). The van der Waals surface area contributed by atoms with Crippen molar-refractivity contribution in [3.05, 3.63) is 71.2 Å². The number of amides is 2. The van der Waals surface area contributed by atoms with Gasteiger partial charge in [0.15, 0.2) is 5.67 Å². The van der Waals surface area contributed by atoms with Gasteiger partial charge in [-0.15, -0.1) is 0 Å². The van der Waals surface area contributed by atoms with Gasteiger partial charge in [-0.3, -0.25) is 14.6 Å². The number of allylic oxidation sites excluding steroid dienone is 2. The van der Waals surface area contributed by atoms with Crippen LogP contribution in [0.5, 0.6) is 0 Å². The molecule has 1 aliphatic carbocycles. The number of hydrogen-bond acceptors (Lipinski definition) is 3. The number of aryl methyl sites for hydroxylation is 1. The minimum atomic E-state index is -2.97. The largest absolute Gasteiger partial charge is 0.349 e. The Morgan fingerprint density at radius 2 is 1.92 bits per heavy atom. The summed E-state index contributed by atoms with van der Waals surface area (Å²) in [6.07, 6.45) is 6.10. The Hall–Kier alpha value is -3.62. The summed E-state index contributed by atoms with van der Waals surface area (Å²) in [6.45, 7) is 4.26. The van der Waals surface area contributed by atoms with Gasteiger partial charge < -0.3 is 15.2 Å². The zero-order valence-corrected chi connectivity index (χ0v) is 22.0. The van der Waals surface area contributed by atoms with E-state index < -0.39 is 29.6 Å². The van der Waals surface area contributed by atoms with Gasteiger partial charge in [0.25, 0.3) is 18.2 Å². The molecular weight excluding hydrogens is 493 g/mol. The quantitative estimate of drug-likeness (QED) is 0.325. The van der Waals surface area contributed by atoms with Crippen LogP contribution in [0.1, 0.15) is 79.7 Å². The normalized spacial score (nSPS) is 17.7. The number of carbonyl (C=O) groups is 2. The van der Waals surface area contributed by atoms with Crippen LogP contribution in [0.3, 0.4) is 0 Å². The van der Waals surface area contributed by atoms with Crippen LogP contribution in [-0.4, -0.2) is 27.0 Å². The monoisotopic (exact) mass is 526 g/mol. The minimum Gasteiger partial charge on any atom is -0.349 e. The van der Waals surface area contributed by atoms with Crippen LogP contribution in [0, 0.1) is 5.92 Å². The molecule has 202 valence electrons. The zero-order valence-electron chi connectivity index (χ0n) is 22.0. The molecule has 38 heavy (non-hydrogen) atoms. The first kappa shape index (κ1) is 27.4. The predicted molar refractivity (Wildman–Crippen MR) is 142 cm³/mol. The molecule has 2 heterocycles. The number of nitrogens with one attached hydrogen (secondary N) is 2. The number of alkyl halides is 3. The molecule has 1 aromatic carbocycles. The average Bonchev–Trinajstić information content (AvgIpc) is 3.21. The van der Waals surface area contributed by atoms with E-state index in [2.05, 4.69) is 45.3 Å². The maximum atomic E-state index is 13.8. The number of benzene rings is 1. The SMILES string of the molecule is CCC1C=CC(c2cc3cc(NC(=O)c4cc(CNC(=O)C(C)(C)F)cnc4C(F)F)ccc3n2C)CC1. The molecule has 2 unspecified atom stereocenters. The van der Waals surface area contributed by atoms with Crippen LogP contribution in [0.2, 0.25) is 0 Å². The van der Waals surface area contributed by atoms with E-state index in [1.165, 1.54) is 11.8 Å². The topological polar surface area (TPSA) is 76.0 Å². The van der Waals surface area contributed by atoms with Crippen LogP contribution in [-0.2, 0) is 18.4 Å². The molecule has 2 N–H and O–H groups in total. The number of nitrogens with zero attached hydrogens (tertiary/aromatic N) is 2. The molecule has 0 spiro atoms. The van der Waals surface area contributed by atoms with Crippen LogP contribution in [0.15, 0.2) is 48.7 Å². The molecule has 6 nitrogen and oxygen atoms in total. The first-order valence-electron chi connectivity index (χ1n) is 12.8. The van der Waals surface area contributed by atoms with Gasteiger partial charge in [0.2, 0.25) is 0 Å². The summed E-state index contributed by atoms with van der Waals surface area (Å²) in [4.78, 5) is 28.6. The van der Waals surface area contributed by atoms with Gasteiger partial charge in [0.05, 0.1) is 5.56 Å². The number of halogens is 3. The van der Waals surface area contributed by atoms with Crippen molar-refractivity contribution in [2.24, 2.45) is 13.0 Å². The fourth-order valence-electron chi connectivity index (χ4n) is 4.83. The molecule has 0 bridgehead atoms. The Balaban J connectivity index is 1.55. The number of aromatic nitrogens is 2. The van der Waals surface area contributed by atoms with E-state index in [0.717, 1.165) is 50.2 Å². The minimum absolute atomic E-state index is 0.156. The average molecular weight is 527 g/mol. The Kier molecular flexibility index (Phi) is 7.94. The molecule has 0 saturated heterocycles. The number of hydrogen-bond donors (Lipinski definition) is 2. The molecule has 2 aromatic heterocycles. The van der Waals surface area contributed by atoms with E-state index in [1.807, 2.05) is 19.2 Å². The molecule has 2 amide bonds. The van der Waals surface area contributed by atoms with E-state index in [0.29, 0.717) is 23.1 Å². The van der Waals surface area contributed by atoms with E-state index in [1.54, 1.807) is 6.07 Å². The van der Waals surface area contributed by atoms with Gasteiger partial charge in [-0.05, 0) is 74.9 Å². The van der Waals surface area contributed by atoms with Crippen molar-refractivity contribution >= 4 is 28.4 Å². The number of carbonyl (C=O) groups excluding carboxylic acids is 2. The number of anilines is 1. The maximum absolute atomic E-state index is 13.8. The maximum Gasteiger partial charge on any atom is 0.281 e. The third kappa shape index (κ3) is 5.92. The molecule has 0 aliphatic heterocycles. The lowest BCUT2D eigenvalue weighted by atomic mass is 9.85. The predicted octanol–water partition coefficient (Wildman–Crippen LogP) is 6.59. The molecule has 0 fully saturated rings. The van der Waals surface area contributed by atoms with Crippen molar-refractivity contribution in [2.75, 3.05) is 5.32 Å². The smallest absolute Gasteiger partial charge is 0.281 e. The summed E-state index contributed by atoms with van der Waals surface area (Å²) in [5.41, 5.74) is -0.123. The second kappa shape index (κ2) is 11.0. The van der Waals surface area contributed by atoms with Crippen LogP contribution in [0.4, 0.5) is 18.9 Å². The van der Waals surface area contributed by atoms with Crippen molar-refractivity contribution in [3.63, 3.8) is 0 Å². The van der Waals surface area contributed by atoms with E-state index >= 15 is 0 Å². The van der Waals surface area contributed by atoms with Crippen molar-refractivity contribution in [1.82, 2.24) is 14.9 Å². The van der Waals surface area contributed by atoms with E-state index in [4.69, 9.17) is 0 Å². The van der Waals surface area contributed by atoms with Gasteiger partial charge in [0.1, 0.15) is 5.69 Å². The third-order valence-electron chi connectivity index (χ3n) is 7.13. The van der Waals surface area contributed by atoms with Crippen LogP contribution < -0.4 is 10.6 Å². The van der Waals surface area contributed by atoms with E-state index in [9.17, 15) is 22.8 Å². The zero-order chi connectivity index (χ0) is 27.6. The summed E-state index contributed by atoms with van der Waals surface area (Å²) in [6, 6.07) is 8.80. The highest BCUT2D eigenvalue weighted by atomic mass is 19.3. The highest BCUT2D eigenvalue weighted by Crippen LogP contribution is 2.35. The number of fused-ring (bicyclic) bond motifs is 1. The van der Waals surface area contributed by atoms with Crippen molar-refractivity contribution in [1.29, 1.82) is 0 Å². The summed E-state index contributed by atoms with van der Waals surface area (Å²) in [7, 11) is 2.02. The lowest BCUT2D eigenvalue weighted by Gasteiger charge is -2.22. The Bertz CT molecular complexity index is 1370. The highest BCUT2D eigenvalue weighted by molar-refractivity contribution is 6.06. The lowest BCUT2D eigenvalue weighted by Crippen LogP contribution is -2.38. The Morgan fingerprint density at radius 1 is 1.16 bits per heavy atom. The van der Waals surface area contributed by atoms with Gasteiger partial charge in [-0.2, -0.15) is 0 Å². The summed E-state index contributed by atoms with van der Waals surface area (Å²) < 4.78 is 43.2. The molecule has 0 radical (unpaired) electrons. The second-order valence-corrected chi connectivity index (χ2v) is 10.3. The van der Waals surface area contributed by atoms with Gasteiger partial charge in [-0.25, -0.2) is 13.2 Å². The second-order valence-electron chi connectivity index (χ2n) is 10.3. The molecule has 3 aromatic rings. The third-order valence-corrected chi connectivity index (χ3v) is 7.13. The molecule has 1 aliphatic rings. The van der Waals surface area contributed by atoms with Crippen molar-refractivity contribution < 1.29 is 22.8 Å². The van der Waals surface area contributed by atoms with Gasteiger partial charge in [0, 0.05) is 48.0 Å². The van der Waals surface area contributed by atoms with Gasteiger partial charge in [-0.1, -0.05) is 19.1 Å². The standard InChI is InChI=1S/C29H33F3N4O2/c1-5-17-6-8-19(9-7-17)24-14-20-13-21(10-11-23(20)36(24)4)35-27(37)22-12-18(15-33-25(22)26(30)31)16-34-28(38)29(2,3)32/h6,8,10-15,17,19,26H,5,7,9,16H2,1-4H3,(H,34,38)(H,35,37). The van der Waals surface area contributed by atoms with Crippen molar-refractivity contribution in [3.8, 4) is 0 Å². The van der Waals surface area contributed by atoms with Crippen LogP contribution >= 0.6 is 0 Å². The Morgan fingerprint density at radius 3 is 2.55 bits per heavy atom. The first-order chi connectivity index (χ1) is 18.0. The molecular formula is C29H33F3N4O2. The molecule has 2 atom stereocenters. The summed E-state index contributed by atoms with van der Waals surface area (Å²) in [5.74, 6) is -0.659. The van der Waals surface area contributed by atoms with Crippen LogP contribution in [0.25, 0.3) is 10.9 Å². The number of rotatable bonds is 8. The molecule has 0 saturated carbocycles. The fourth-order valence-corrected chi connectivity index (χ4v) is 4.83. The fraction of sp³-hybridized carbons (Fsp3) is 0.414. The first-order valence-corrected chi connectivity index (χ1v) is 12.8. The van der Waals surface area contributed by atoms with Crippen molar-refractivity contribution in [2.45, 2.75) is 64.6 Å². The molecule has 9 heteroatoms. The highest BCUT2D eigenvalue weighted by Gasteiger charge is 2.27. The van der Waals surface area contributed by atoms with E-state index in [-0.39, 0.29) is 12.1 Å². The number of pyridine rings is 1. The van der Waals surface area contributed by atoms with Gasteiger partial charge >= 0.3 is 0 Å². The lowest BCUT2D eigenvalue weighted by molar-refractivity contribution is -0.130.